The number of ether oxygens (including phenoxy) is 1. The van der Waals surface area contributed by atoms with Gasteiger partial charge in [-0.25, -0.2) is 0 Å². The van der Waals surface area contributed by atoms with Crippen LogP contribution in [0.2, 0.25) is 5.02 Å². The van der Waals surface area contributed by atoms with Crippen molar-refractivity contribution in [1.29, 1.82) is 0 Å². The molecule has 0 N–H and O–H groups in total. The van der Waals surface area contributed by atoms with E-state index >= 15 is 0 Å². The highest BCUT2D eigenvalue weighted by molar-refractivity contribution is 6.30. The molecule has 0 heterocycles. The number of carbonyl (C=O) groups is 1. The predicted molar refractivity (Wildman–Crippen MR) is 73.4 cm³/mol. The summed E-state index contributed by atoms with van der Waals surface area (Å²) in [6.45, 7) is 2.29. The minimum Gasteiger partial charge on any atom is -0.466 e. The van der Waals surface area contributed by atoms with Gasteiger partial charge >= 0.3 is 5.97 Å². The Bertz CT molecular complexity index is 448. The van der Waals surface area contributed by atoms with Crippen LogP contribution in [0.4, 0.5) is 0 Å². The highest BCUT2D eigenvalue weighted by atomic mass is 35.5. The van der Waals surface area contributed by atoms with Gasteiger partial charge < -0.3 is 4.74 Å². The van der Waals surface area contributed by atoms with Crippen molar-refractivity contribution in [3.05, 3.63) is 40.4 Å². The first-order valence-corrected chi connectivity index (χ1v) is 6.71. The zero-order valence-corrected chi connectivity index (χ0v) is 11.2. The van der Waals surface area contributed by atoms with Crippen molar-refractivity contribution in [2.45, 2.75) is 26.2 Å². The van der Waals surface area contributed by atoms with Crippen LogP contribution < -0.4 is 0 Å². The third-order valence-electron chi connectivity index (χ3n) is 3.20. The van der Waals surface area contributed by atoms with Crippen LogP contribution in [0.25, 0.3) is 6.08 Å². The van der Waals surface area contributed by atoms with Crippen molar-refractivity contribution in [2.75, 3.05) is 6.61 Å². The zero-order valence-electron chi connectivity index (χ0n) is 10.5. The third-order valence-corrected chi connectivity index (χ3v) is 3.45. The molecule has 18 heavy (non-hydrogen) atoms. The minimum atomic E-state index is -0.0878. The molecular weight excluding hydrogens is 248 g/mol. The molecule has 1 saturated carbocycles. The largest absolute Gasteiger partial charge is 0.466 e. The monoisotopic (exact) mass is 264 g/mol. The van der Waals surface area contributed by atoms with Crippen LogP contribution in [0.5, 0.6) is 0 Å². The summed E-state index contributed by atoms with van der Waals surface area (Å²) in [5.74, 6) is -0.143. The maximum absolute atomic E-state index is 11.8. The quantitative estimate of drug-likeness (QED) is 0.769. The van der Waals surface area contributed by atoms with Gasteiger partial charge in [0.2, 0.25) is 0 Å². The maximum Gasteiger partial charge on any atom is 0.313 e. The Morgan fingerprint density at radius 3 is 2.83 bits per heavy atom. The molecule has 0 saturated heterocycles. The van der Waals surface area contributed by atoms with Crippen LogP contribution in [0.1, 0.15) is 31.7 Å². The van der Waals surface area contributed by atoms with E-state index < -0.39 is 0 Å². The summed E-state index contributed by atoms with van der Waals surface area (Å²) in [6.07, 6.45) is 5.03. The molecule has 3 heteroatoms. The molecule has 0 amide bonds. The molecule has 1 aromatic carbocycles. The molecule has 1 fully saturated rings. The Balaban J connectivity index is 2.15. The van der Waals surface area contributed by atoms with Crippen molar-refractivity contribution >= 4 is 23.6 Å². The van der Waals surface area contributed by atoms with E-state index in [1.54, 1.807) is 0 Å². The summed E-state index contributed by atoms with van der Waals surface area (Å²) < 4.78 is 5.11. The van der Waals surface area contributed by atoms with Crippen molar-refractivity contribution < 1.29 is 9.53 Å². The van der Waals surface area contributed by atoms with E-state index in [0.29, 0.717) is 6.61 Å². The maximum atomic E-state index is 11.8. The fraction of sp³-hybridized carbons (Fsp3) is 0.400. The van der Waals surface area contributed by atoms with Crippen LogP contribution >= 0.6 is 11.6 Å². The van der Waals surface area contributed by atoms with Crippen LogP contribution in [0, 0.1) is 5.92 Å². The minimum absolute atomic E-state index is 0.0550. The van der Waals surface area contributed by atoms with Crippen LogP contribution in [0.15, 0.2) is 29.8 Å². The van der Waals surface area contributed by atoms with Crippen LogP contribution in [0.3, 0.4) is 0 Å². The average Bonchev–Trinajstić information content (AvgIpc) is 2.81. The van der Waals surface area contributed by atoms with Gasteiger partial charge in [0.15, 0.2) is 0 Å². The van der Waals surface area contributed by atoms with Gasteiger partial charge in [0.05, 0.1) is 12.5 Å². The van der Waals surface area contributed by atoms with Gasteiger partial charge in [-0.3, -0.25) is 4.79 Å². The van der Waals surface area contributed by atoms with Gasteiger partial charge in [0.25, 0.3) is 0 Å². The second-order valence-electron chi connectivity index (χ2n) is 4.47. The molecule has 1 aliphatic carbocycles. The Morgan fingerprint density at radius 2 is 2.17 bits per heavy atom. The van der Waals surface area contributed by atoms with Gasteiger partial charge in [-0.15, -0.1) is 0 Å². The van der Waals surface area contributed by atoms with Crippen LogP contribution in [-0.2, 0) is 9.53 Å². The molecule has 1 aliphatic rings. The number of benzene rings is 1. The number of esters is 1. The molecule has 0 bridgehead atoms. The topological polar surface area (TPSA) is 26.3 Å². The lowest BCUT2D eigenvalue weighted by Gasteiger charge is -2.10. The zero-order chi connectivity index (χ0) is 13.0. The third kappa shape index (κ3) is 3.14. The van der Waals surface area contributed by atoms with Gasteiger partial charge in [-0.05, 0) is 43.9 Å². The molecule has 0 aliphatic heterocycles. The van der Waals surface area contributed by atoms with Crippen molar-refractivity contribution in [2.24, 2.45) is 5.92 Å². The SMILES string of the molecule is CCOC(=O)C1CCC/C1=C\c1ccc(Cl)cc1. The van der Waals surface area contributed by atoms with E-state index in [9.17, 15) is 4.79 Å². The van der Waals surface area contributed by atoms with Gasteiger partial charge in [0.1, 0.15) is 0 Å². The fourth-order valence-corrected chi connectivity index (χ4v) is 2.45. The molecule has 2 nitrogen and oxygen atoms in total. The first-order valence-electron chi connectivity index (χ1n) is 6.33. The Labute approximate surface area is 113 Å². The molecule has 2 rings (SSSR count). The Kier molecular flexibility index (Phi) is 4.43. The molecule has 0 radical (unpaired) electrons. The number of hydrogen-bond donors (Lipinski definition) is 0. The molecule has 1 aromatic rings. The molecule has 1 unspecified atom stereocenters. The highest BCUT2D eigenvalue weighted by Gasteiger charge is 2.28. The van der Waals surface area contributed by atoms with Crippen molar-refractivity contribution in [1.82, 2.24) is 0 Å². The molecular formula is C15H17ClO2. The average molecular weight is 265 g/mol. The van der Waals surface area contributed by atoms with Gasteiger partial charge in [-0.2, -0.15) is 0 Å². The first-order chi connectivity index (χ1) is 8.70. The van der Waals surface area contributed by atoms with E-state index in [-0.39, 0.29) is 11.9 Å². The number of halogens is 1. The van der Waals surface area contributed by atoms with Crippen molar-refractivity contribution in [3.63, 3.8) is 0 Å². The first kappa shape index (κ1) is 13.2. The summed E-state index contributed by atoms with van der Waals surface area (Å²) in [6, 6.07) is 7.66. The lowest BCUT2D eigenvalue weighted by Crippen LogP contribution is -2.16. The van der Waals surface area contributed by atoms with E-state index in [1.807, 2.05) is 31.2 Å². The Morgan fingerprint density at radius 1 is 1.44 bits per heavy atom. The van der Waals surface area contributed by atoms with E-state index in [1.165, 1.54) is 5.57 Å². The standard InChI is InChI=1S/C15H17ClO2/c1-2-18-15(17)14-5-3-4-12(14)10-11-6-8-13(16)9-7-11/h6-10,14H,2-5H2,1H3/b12-10+. The molecule has 96 valence electrons. The lowest BCUT2D eigenvalue weighted by atomic mass is 10.0. The smallest absolute Gasteiger partial charge is 0.313 e. The summed E-state index contributed by atoms with van der Waals surface area (Å²) >= 11 is 5.85. The summed E-state index contributed by atoms with van der Waals surface area (Å²) in [4.78, 5) is 11.8. The fourth-order valence-electron chi connectivity index (χ4n) is 2.33. The van der Waals surface area contributed by atoms with Crippen LogP contribution in [-0.4, -0.2) is 12.6 Å². The summed E-state index contributed by atoms with van der Waals surface area (Å²) in [7, 11) is 0. The normalized spacial score (nSPS) is 21.2. The lowest BCUT2D eigenvalue weighted by molar-refractivity contribution is -0.146. The number of rotatable bonds is 3. The summed E-state index contributed by atoms with van der Waals surface area (Å²) in [5, 5.41) is 0.727. The van der Waals surface area contributed by atoms with E-state index in [2.05, 4.69) is 6.08 Å². The highest BCUT2D eigenvalue weighted by Crippen LogP contribution is 2.33. The van der Waals surface area contributed by atoms with Gasteiger partial charge in [-0.1, -0.05) is 35.4 Å². The second-order valence-corrected chi connectivity index (χ2v) is 4.90. The van der Waals surface area contributed by atoms with E-state index in [0.717, 1.165) is 29.8 Å². The Hall–Kier alpha value is -1.28. The van der Waals surface area contributed by atoms with E-state index in [4.69, 9.17) is 16.3 Å². The summed E-state index contributed by atoms with van der Waals surface area (Å²) in [5.41, 5.74) is 2.27. The van der Waals surface area contributed by atoms with Gasteiger partial charge in [0, 0.05) is 5.02 Å². The molecule has 1 atom stereocenters. The second kappa shape index (κ2) is 6.05. The predicted octanol–water partition coefficient (Wildman–Crippen LogP) is 4.09. The molecule has 0 spiro atoms. The number of carbonyl (C=O) groups excluding carboxylic acids is 1. The van der Waals surface area contributed by atoms with Crippen molar-refractivity contribution in [3.8, 4) is 0 Å². The molecule has 0 aromatic heterocycles. The number of hydrogen-bond acceptors (Lipinski definition) is 2.